The van der Waals surface area contributed by atoms with E-state index in [4.69, 9.17) is 9.88 Å². The van der Waals surface area contributed by atoms with E-state index < -0.39 is 10.0 Å². The molecule has 0 spiro atoms. The molecule has 1 saturated heterocycles. The van der Waals surface area contributed by atoms with E-state index in [2.05, 4.69) is 22.5 Å². The number of halogens is 1. The number of nitrogens with one attached hydrogen (secondary N) is 2. The van der Waals surface area contributed by atoms with Gasteiger partial charge >= 0.3 is 0 Å². The van der Waals surface area contributed by atoms with Crippen LogP contribution in [0.1, 0.15) is 25.3 Å². The molecule has 1 aromatic carbocycles. The third-order valence-electron chi connectivity index (χ3n) is 4.11. The van der Waals surface area contributed by atoms with Crippen molar-refractivity contribution in [2.24, 2.45) is 10.1 Å². The Hall–Kier alpha value is -0.910. The van der Waals surface area contributed by atoms with Crippen molar-refractivity contribution in [1.29, 1.82) is 0 Å². The Morgan fingerprint density at radius 2 is 2.00 bits per heavy atom. The summed E-state index contributed by atoms with van der Waals surface area (Å²) < 4.78 is 28.2. The van der Waals surface area contributed by atoms with Crippen LogP contribution in [0.3, 0.4) is 0 Å². The van der Waals surface area contributed by atoms with Crippen molar-refractivity contribution >= 4 is 40.0 Å². The smallest absolute Gasteiger partial charge is 0.238 e. The predicted octanol–water partition coefficient (Wildman–Crippen LogP) is 1.23. The zero-order valence-corrected chi connectivity index (χ0v) is 17.8. The lowest BCUT2D eigenvalue weighted by atomic mass is 10.0. The third kappa shape index (κ3) is 7.08. The quantitative estimate of drug-likeness (QED) is 0.322. The van der Waals surface area contributed by atoms with Crippen LogP contribution in [0, 0.1) is 0 Å². The Bertz CT molecular complexity index is 671. The molecule has 0 aromatic heterocycles. The number of benzene rings is 1. The molecule has 1 unspecified atom stereocenters. The van der Waals surface area contributed by atoms with Gasteiger partial charge in [0.2, 0.25) is 10.0 Å². The van der Waals surface area contributed by atoms with Crippen molar-refractivity contribution in [2.75, 3.05) is 26.7 Å². The lowest BCUT2D eigenvalue weighted by Gasteiger charge is -2.24. The van der Waals surface area contributed by atoms with Crippen LogP contribution in [-0.2, 0) is 21.2 Å². The van der Waals surface area contributed by atoms with Gasteiger partial charge in [-0.1, -0.05) is 12.1 Å². The Morgan fingerprint density at radius 1 is 1.32 bits per heavy atom. The van der Waals surface area contributed by atoms with Crippen LogP contribution >= 0.6 is 24.0 Å². The summed E-state index contributed by atoms with van der Waals surface area (Å²) in [6.45, 7) is 4.33. The van der Waals surface area contributed by atoms with E-state index in [1.54, 1.807) is 19.2 Å². The lowest BCUT2D eigenvalue weighted by Crippen LogP contribution is -2.45. The lowest BCUT2D eigenvalue weighted by molar-refractivity contribution is 0.0243. The normalized spacial score (nSPS) is 20.8. The highest BCUT2D eigenvalue weighted by molar-refractivity contribution is 14.0. The fourth-order valence-electron chi connectivity index (χ4n) is 2.64. The van der Waals surface area contributed by atoms with Crippen LogP contribution in [0.4, 0.5) is 0 Å². The highest BCUT2D eigenvalue weighted by Gasteiger charge is 2.29. The highest BCUT2D eigenvalue weighted by Crippen LogP contribution is 2.23. The Balaban J connectivity index is 0.00000312. The van der Waals surface area contributed by atoms with Crippen molar-refractivity contribution in [3.63, 3.8) is 0 Å². The average Bonchev–Trinajstić information content (AvgIpc) is 2.97. The Labute approximate surface area is 166 Å². The topological polar surface area (TPSA) is 106 Å². The van der Waals surface area contributed by atoms with Gasteiger partial charge in [0.1, 0.15) is 0 Å². The number of ether oxygens (including phenoxy) is 1. The number of aliphatic imine (C=N–C) groups is 1. The molecule has 1 aromatic rings. The number of hydrogen-bond acceptors (Lipinski definition) is 4. The van der Waals surface area contributed by atoms with E-state index in [1.807, 2.05) is 0 Å². The van der Waals surface area contributed by atoms with E-state index in [1.165, 1.54) is 12.1 Å². The molecule has 0 aliphatic carbocycles. The summed E-state index contributed by atoms with van der Waals surface area (Å²) in [5.74, 6) is 0.730. The van der Waals surface area contributed by atoms with E-state index >= 15 is 0 Å². The zero-order chi connectivity index (χ0) is 17.6. The summed E-state index contributed by atoms with van der Waals surface area (Å²) in [6.07, 6.45) is 2.89. The molecule has 7 nitrogen and oxygen atoms in total. The van der Waals surface area contributed by atoms with Gasteiger partial charge < -0.3 is 15.4 Å². The molecule has 25 heavy (non-hydrogen) atoms. The van der Waals surface area contributed by atoms with E-state index in [0.717, 1.165) is 43.9 Å². The number of sulfonamides is 1. The number of rotatable bonds is 6. The molecule has 0 saturated carbocycles. The van der Waals surface area contributed by atoms with Gasteiger partial charge in [-0.05, 0) is 43.9 Å². The molecule has 0 radical (unpaired) electrons. The summed E-state index contributed by atoms with van der Waals surface area (Å²) in [7, 11) is -1.91. The fourth-order valence-corrected chi connectivity index (χ4v) is 3.15. The van der Waals surface area contributed by atoms with Crippen LogP contribution in [0.15, 0.2) is 34.2 Å². The van der Waals surface area contributed by atoms with Crippen molar-refractivity contribution < 1.29 is 13.2 Å². The standard InChI is InChI=1S/C16H26N4O3S.HI/c1-16(9-3-11-23-16)12-20-15(18-2)19-10-8-13-4-6-14(7-5-13)24(17,21)22;/h4-7H,3,8-12H2,1-2H3,(H2,17,21,22)(H2,18,19,20);1H. The summed E-state index contributed by atoms with van der Waals surface area (Å²) >= 11 is 0. The van der Waals surface area contributed by atoms with Crippen molar-refractivity contribution in [3.8, 4) is 0 Å². The Kier molecular flexibility index (Phi) is 8.58. The number of guanidine groups is 1. The van der Waals surface area contributed by atoms with E-state index in [9.17, 15) is 8.42 Å². The summed E-state index contributed by atoms with van der Waals surface area (Å²) in [5.41, 5.74) is 0.901. The minimum atomic E-state index is -3.64. The van der Waals surface area contributed by atoms with Gasteiger partial charge in [-0.3, -0.25) is 4.99 Å². The van der Waals surface area contributed by atoms with Gasteiger partial charge in [0.05, 0.1) is 10.5 Å². The maximum atomic E-state index is 11.2. The van der Waals surface area contributed by atoms with Crippen molar-refractivity contribution in [2.45, 2.75) is 36.7 Å². The van der Waals surface area contributed by atoms with E-state index in [-0.39, 0.29) is 34.5 Å². The SMILES string of the molecule is CN=C(NCCc1ccc(S(N)(=O)=O)cc1)NCC1(C)CCCO1.I. The molecular formula is C16H27IN4O3S. The monoisotopic (exact) mass is 482 g/mol. The Morgan fingerprint density at radius 3 is 2.52 bits per heavy atom. The van der Waals surface area contributed by atoms with Crippen molar-refractivity contribution in [3.05, 3.63) is 29.8 Å². The molecule has 1 atom stereocenters. The first-order valence-corrected chi connectivity index (χ1v) is 9.57. The first kappa shape index (κ1) is 22.1. The molecule has 9 heteroatoms. The fraction of sp³-hybridized carbons (Fsp3) is 0.562. The van der Waals surface area contributed by atoms with Crippen LogP contribution in [0.5, 0.6) is 0 Å². The first-order valence-electron chi connectivity index (χ1n) is 8.03. The van der Waals surface area contributed by atoms with E-state index in [0.29, 0.717) is 6.54 Å². The van der Waals surface area contributed by atoms with Crippen LogP contribution in [-0.4, -0.2) is 46.7 Å². The summed E-state index contributed by atoms with van der Waals surface area (Å²) in [4.78, 5) is 4.33. The van der Waals surface area contributed by atoms with Crippen LogP contribution < -0.4 is 15.8 Å². The minimum Gasteiger partial charge on any atom is -0.373 e. The number of primary sulfonamides is 1. The second kappa shape index (κ2) is 9.70. The van der Waals surface area contributed by atoms with Crippen LogP contribution in [0.2, 0.25) is 0 Å². The molecule has 0 bridgehead atoms. The average molecular weight is 482 g/mol. The molecule has 4 N–H and O–H groups in total. The van der Waals surface area contributed by atoms with Gasteiger partial charge in [0.15, 0.2) is 5.96 Å². The van der Waals surface area contributed by atoms with Gasteiger partial charge in [-0.2, -0.15) is 0 Å². The maximum Gasteiger partial charge on any atom is 0.238 e. The second-order valence-electron chi connectivity index (χ2n) is 6.19. The molecule has 2 rings (SSSR count). The second-order valence-corrected chi connectivity index (χ2v) is 7.75. The summed E-state index contributed by atoms with van der Waals surface area (Å²) in [5, 5.41) is 11.6. The van der Waals surface area contributed by atoms with Crippen LogP contribution in [0.25, 0.3) is 0 Å². The molecular weight excluding hydrogens is 455 g/mol. The minimum absolute atomic E-state index is 0. The number of nitrogens with two attached hydrogens (primary N) is 1. The number of nitrogens with zero attached hydrogens (tertiary/aromatic N) is 1. The maximum absolute atomic E-state index is 11.2. The van der Waals surface area contributed by atoms with Crippen molar-refractivity contribution in [1.82, 2.24) is 10.6 Å². The summed E-state index contributed by atoms with van der Waals surface area (Å²) in [6, 6.07) is 6.59. The molecule has 1 heterocycles. The molecule has 142 valence electrons. The predicted molar refractivity (Wildman–Crippen MR) is 110 cm³/mol. The highest BCUT2D eigenvalue weighted by atomic mass is 127. The molecule has 0 amide bonds. The molecule has 1 aliphatic heterocycles. The van der Waals surface area contributed by atoms with Gasteiger partial charge in [0.25, 0.3) is 0 Å². The molecule has 1 fully saturated rings. The largest absolute Gasteiger partial charge is 0.373 e. The van der Waals surface area contributed by atoms with Gasteiger partial charge in [-0.25, -0.2) is 13.6 Å². The third-order valence-corrected chi connectivity index (χ3v) is 5.04. The number of hydrogen-bond donors (Lipinski definition) is 3. The zero-order valence-electron chi connectivity index (χ0n) is 14.6. The van der Waals surface area contributed by atoms with Gasteiger partial charge in [-0.15, -0.1) is 24.0 Å². The first-order chi connectivity index (χ1) is 11.3. The molecule has 1 aliphatic rings. The van der Waals surface area contributed by atoms with Gasteiger partial charge in [0, 0.05) is 26.7 Å².